The number of nitrogens with one attached hydrogen (secondary N) is 1. The number of anilines is 1. The van der Waals surface area contributed by atoms with Gasteiger partial charge in [-0.05, 0) is 42.8 Å². The molecule has 0 aliphatic carbocycles. The van der Waals surface area contributed by atoms with Crippen LogP contribution in [0.5, 0.6) is 0 Å². The van der Waals surface area contributed by atoms with Crippen LogP contribution in [-0.2, 0) is 9.84 Å². The molecule has 2 rings (SSSR count). The van der Waals surface area contributed by atoms with Crippen molar-refractivity contribution in [2.24, 2.45) is 0 Å². The van der Waals surface area contributed by atoms with Crippen molar-refractivity contribution in [2.75, 3.05) is 11.6 Å². The third-order valence-electron chi connectivity index (χ3n) is 2.95. The summed E-state index contributed by atoms with van der Waals surface area (Å²) in [4.78, 5) is 12.3. The molecule has 0 radical (unpaired) electrons. The van der Waals surface area contributed by atoms with E-state index in [2.05, 4.69) is 21.2 Å². The number of aryl methyl sites for hydroxylation is 1. The average molecular weight is 368 g/mol. The quantitative estimate of drug-likeness (QED) is 0.903. The van der Waals surface area contributed by atoms with Gasteiger partial charge < -0.3 is 5.32 Å². The number of halogens is 1. The Bertz CT molecular complexity index is 800. The van der Waals surface area contributed by atoms with Gasteiger partial charge in [0, 0.05) is 22.0 Å². The summed E-state index contributed by atoms with van der Waals surface area (Å²) in [5, 5.41) is 2.74. The number of hydrogen-bond acceptors (Lipinski definition) is 3. The summed E-state index contributed by atoms with van der Waals surface area (Å²) >= 11 is 3.40. The summed E-state index contributed by atoms with van der Waals surface area (Å²) in [5.74, 6) is -0.351. The Morgan fingerprint density at radius 1 is 1.14 bits per heavy atom. The van der Waals surface area contributed by atoms with E-state index in [4.69, 9.17) is 0 Å². The van der Waals surface area contributed by atoms with Crippen LogP contribution in [0.2, 0.25) is 0 Å². The smallest absolute Gasteiger partial charge is 0.255 e. The minimum Gasteiger partial charge on any atom is -0.322 e. The van der Waals surface area contributed by atoms with E-state index in [-0.39, 0.29) is 10.8 Å². The lowest BCUT2D eigenvalue weighted by atomic mass is 10.2. The number of sulfone groups is 1. The van der Waals surface area contributed by atoms with Crippen LogP contribution in [0.4, 0.5) is 5.69 Å². The molecule has 0 atom stereocenters. The zero-order chi connectivity index (χ0) is 15.6. The fourth-order valence-corrected chi connectivity index (χ4v) is 2.79. The van der Waals surface area contributed by atoms with E-state index in [1.807, 2.05) is 13.0 Å². The first-order chi connectivity index (χ1) is 9.77. The molecular formula is C15H14BrNO3S. The molecule has 0 heterocycles. The Hall–Kier alpha value is -1.66. The fraction of sp³-hybridized carbons (Fsp3) is 0.133. The zero-order valence-electron chi connectivity index (χ0n) is 11.6. The van der Waals surface area contributed by atoms with Gasteiger partial charge in [0.05, 0.1) is 4.90 Å². The summed E-state index contributed by atoms with van der Waals surface area (Å²) in [5.41, 5.74) is 2.00. The first kappa shape index (κ1) is 15.7. The molecule has 0 bridgehead atoms. The second-order valence-electron chi connectivity index (χ2n) is 4.72. The average Bonchev–Trinajstić information content (AvgIpc) is 2.42. The molecule has 4 nitrogen and oxygen atoms in total. The molecule has 110 valence electrons. The Kier molecular flexibility index (Phi) is 4.49. The van der Waals surface area contributed by atoms with E-state index in [0.717, 1.165) is 16.3 Å². The van der Waals surface area contributed by atoms with Crippen LogP contribution in [0.1, 0.15) is 15.9 Å². The molecule has 0 spiro atoms. The Morgan fingerprint density at radius 3 is 2.48 bits per heavy atom. The van der Waals surface area contributed by atoms with Crippen LogP contribution in [0.15, 0.2) is 51.8 Å². The molecule has 0 unspecified atom stereocenters. The topological polar surface area (TPSA) is 63.2 Å². The third kappa shape index (κ3) is 3.92. The molecule has 1 amide bonds. The number of benzene rings is 2. The number of carbonyl (C=O) groups excluding carboxylic acids is 1. The summed E-state index contributed by atoms with van der Waals surface area (Å²) in [7, 11) is -3.33. The minimum atomic E-state index is -3.33. The molecule has 21 heavy (non-hydrogen) atoms. The van der Waals surface area contributed by atoms with Crippen molar-refractivity contribution in [1.29, 1.82) is 0 Å². The van der Waals surface area contributed by atoms with E-state index in [1.165, 1.54) is 12.1 Å². The highest BCUT2D eigenvalue weighted by Crippen LogP contribution is 2.21. The van der Waals surface area contributed by atoms with Crippen LogP contribution in [0.3, 0.4) is 0 Å². The standard InChI is InChI=1S/C15H14BrNO3S/c1-10-6-7-12(9-14(10)16)17-15(18)11-4-3-5-13(8-11)21(2,19)20/h3-9H,1-2H3,(H,17,18). The molecule has 0 saturated carbocycles. The molecule has 0 saturated heterocycles. The summed E-state index contributed by atoms with van der Waals surface area (Å²) in [6.45, 7) is 1.95. The van der Waals surface area contributed by atoms with Gasteiger partial charge in [-0.2, -0.15) is 0 Å². The molecule has 0 aliphatic rings. The zero-order valence-corrected chi connectivity index (χ0v) is 14.0. The van der Waals surface area contributed by atoms with Crippen molar-refractivity contribution >= 4 is 37.4 Å². The summed E-state index contributed by atoms with van der Waals surface area (Å²) in [6, 6.07) is 11.4. The minimum absolute atomic E-state index is 0.125. The highest BCUT2D eigenvalue weighted by molar-refractivity contribution is 9.10. The molecule has 2 aromatic rings. The first-order valence-electron chi connectivity index (χ1n) is 6.15. The van der Waals surface area contributed by atoms with Crippen molar-refractivity contribution in [2.45, 2.75) is 11.8 Å². The van der Waals surface area contributed by atoms with Gasteiger partial charge in [0.15, 0.2) is 9.84 Å². The van der Waals surface area contributed by atoms with Crippen LogP contribution in [0.25, 0.3) is 0 Å². The first-order valence-corrected chi connectivity index (χ1v) is 8.83. The Balaban J connectivity index is 2.26. The predicted molar refractivity (Wildman–Crippen MR) is 86.4 cm³/mol. The predicted octanol–water partition coefficient (Wildman–Crippen LogP) is 3.41. The lowest BCUT2D eigenvalue weighted by molar-refractivity contribution is 0.102. The van der Waals surface area contributed by atoms with E-state index in [0.29, 0.717) is 11.3 Å². The van der Waals surface area contributed by atoms with Crippen molar-refractivity contribution in [1.82, 2.24) is 0 Å². The van der Waals surface area contributed by atoms with Gasteiger partial charge in [-0.3, -0.25) is 4.79 Å². The Morgan fingerprint density at radius 2 is 1.86 bits per heavy atom. The van der Waals surface area contributed by atoms with Gasteiger partial charge in [-0.15, -0.1) is 0 Å². The number of hydrogen-bond donors (Lipinski definition) is 1. The van der Waals surface area contributed by atoms with E-state index >= 15 is 0 Å². The van der Waals surface area contributed by atoms with Crippen LogP contribution in [-0.4, -0.2) is 20.6 Å². The largest absolute Gasteiger partial charge is 0.322 e. The monoisotopic (exact) mass is 367 g/mol. The van der Waals surface area contributed by atoms with Crippen LogP contribution < -0.4 is 5.32 Å². The molecule has 1 N–H and O–H groups in total. The molecule has 2 aromatic carbocycles. The summed E-state index contributed by atoms with van der Waals surface area (Å²) < 4.78 is 23.9. The Labute approximate surface area is 132 Å². The number of rotatable bonds is 3. The van der Waals surface area contributed by atoms with Crippen molar-refractivity contribution in [3.8, 4) is 0 Å². The van der Waals surface area contributed by atoms with Crippen molar-refractivity contribution < 1.29 is 13.2 Å². The maximum absolute atomic E-state index is 12.2. The van der Waals surface area contributed by atoms with E-state index in [9.17, 15) is 13.2 Å². The van der Waals surface area contributed by atoms with Crippen molar-refractivity contribution in [3.63, 3.8) is 0 Å². The SMILES string of the molecule is Cc1ccc(NC(=O)c2cccc(S(C)(=O)=O)c2)cc1Br. The second kappa shape index (κ2) is 5.99. The van der Waals surface area contributed by atoms with Gasteiger partial charge in [0.1, 0.15) is 0 Å². The van der Waals surface area contributed by atoms with E-state index in [1.54, 1.807) is 24.3 Å². The fourth-order valence-electron chi connectivity index (χ4n) is 1.74. The lowest BCUT2D eigenvalue weighted by Crippen LogP contribution is -2.12. The number of carbonyl (C=O) groups is 1. The molecule has 6 heteroatoms. The van der Waals surface area contributed by atoms with Crippen LogP contribution >= 0.6 is 15.9 Å². The van der Waals surface area contributed by atoms with E-state index < -0.39 is 9.84 Å². The van der Waals surface area contributed by atoms with Gasteiger partial charge in [-0.1, -0.05) is 28.1 Å². The van der Waals surface area contributed by atoms with Gasteiger partial charge >= 0.3 is 0 Å². The van der Waals surface area contributed by atoms with Gasteiger partial charge in [-0.25, -0.2) is 8.42 Å². The maximum Gasteiger partial charge on any atom is 0.255 e. The maximum atomic E-state index is 12.2. The second-order valence-corrected chi connectivity index (χ2v) is 7.59. The highest BCUT2D eigenvalue weighted by atomic mass is 79.9. The van der Waals surface area contributed by atoms with Gasteiger partial charge in [0.2, 0.25) is 0 Å². The molecule has 0 aromatic heterocycles. The van der Waals surface area contributed by atoms with Crippen LogP contribution in [0, 0.1) is 6.92 Å². The third-order valence-corrected chi connectivity index (χ3v) is 4.92. The molecule has 0 fully saturated rings. The van der Waals surface area contributed by atoms with Gasteiger partial charge in [0.25, 0.3) is 5.91 Å². The lowest BCUT2D eigenvalue weighted by Gasteiger charge is -2.08. The molecule has 0 aliphatic heterocycles. The summed E-state index contributed by atoms with van der Waals surface area (Å²) in [6.07, 6.45) is 1.11. The number of amides is 1. The molecular weight excluding hydrogens is 354 g/mol. The highest BCUT2D eigenvalue weighted by Gasteiger charge is 2.12. The normalized spacial score (nSPS) is 11.2. The van der Waals surface area contributed by atoms with Crippen molar-refractivity contribution in [3.05, 3.63) is 58.1 Å².